The predicted molar refractivity (Wildman–Crippen MR) is 64.2 cm³/mol. The van der Waals surface area contributed by atoms with E-state index in [1.165, 1.54) is 0 Å². The molecule has 0 saturated heterocycles. The summed E-state index contributed by atoms with van der Waals surface area (Å²) in [6.07, 6.45) is 1.65. The lowest BCUT2D eigenvalue weighted by molar-refractivity contribution is 0.375. The third kappa shape index (κ3) is 2.42. The minimum atomic E-state index is -1.58. The molecule has 0 N–H and O–H groups in total. The molecule has 0 amide bonds. The van der Waals surface area contributed by atoms with Crippen molar-refractivity contribution >= 4 is 24.2 Å². The Morgan fingerprint density at radius 1 is 1.29 bits per heavy atom. The van der Waals surface area contributed by atoms with E-state index in [0.717, 1.165) is 22.6 Å². The van der Waals surface area contributed by atoms with Crippen molar-refractivity contribution < 1.29 is 8.84 Å². The Bertz CT molecular complexity index is 273. The van der Waals surface area contributed by atoms with E-state index in [1.54, 1.807) is 6.26 Å². The largest absolute Gasteiger partial charge is 0.518 e. The first-order valence-corrected chi connectivity index (χ1v) is 8.41. The van der Waals surface area contributed by atoms with Gasteiger partial charge in [0.25, 0.3) is 14.3 Å². The molecule has 0 fully saturated rings. The molecule has 1 heterocycles. The van der Waals surface area contributed by atoms with E-state index in [-0.39, 0.29) is 0 Å². The van der Waals surface area contributed by atoms with Crippen LogP contribution in [0.5, 0.6) is 5.95 Å². The molecule has 14 heavy (non-hydrogen) atoms. The van der Waals surface area contributed by atoms with Crippen molar-refractivity contribution in [3.8, 4) is 5.95 Å². The van der Waals surface area contributed by atoms with E-state index in [0.29, 0.717) is 5.95 Å². The zero-order chi connectivity index (χ0) is 10.6. The quantitative estimate of drug-likeness (QED) is 0.743. The lowest BCUT2D eigenvalue weighted by Gasteiger charge is -2.27. The van der Waals surface area contributed by atoms with E-state index in [2.05, 4.69) is 36.7 Å². The Morgan fingerprint density at radius 2 is 1.86 bits per heavy atom. The molecule has 1 aromatic heterocycles. The van der Waals surface area contributed by atoms with Gasteiger partial charge in [0.2, 0.25) is 0 Å². The molecule has 4 heteroatoms. The Balaban J connectivity index is 2.79. The first kappa shape index (κ1) is 11.8. The van der Waals surface area contributed by atoms with Gasteiger partial charge in [0.1, 0.15) is 4.47 Å². The molecule has 0 aliphatic carbocycles. The van der Waals surface area contributed by atoms with E-state index in [9.17, 15) is 0 Å². The summed E-state index contributed by atoms with van der Waals surface area (Å²) in [6.45, 7) is 6.61. The summed E-state index contributed by atoms with van der Waals surface area (Å²) in [5.41, 5.74) is 0. The van der Waals surface area contributed by atoms with Crippen LogP contribution in [-0.2, 0) is 0 Å². The van der Waals surface area contributed by atoms with Gasteiger partial charge in [-0.2, -0.15) is 0 Å². The summed E-state index contributed by atoms with van der Waals surface area (Å²) in [5, 5.41) is 0. The van der Waals surface area contributed by atoms with Crippen molar-refractivity contribution in [2.45, 2.75) is 38.9 Å². The summed E-state index contributed by atoms with van der Waals surface area (Å²) >= 11 is 3.41. The van der Waals surface area contributed by atoms with Gasteiger partial charge in [0.15, 0.2) is 0 Å². The number of halogens is 1. The normalized spacial score (nSPS) is 11.7. The molecule has 1 aromatic rings. The molecule has 2 nitrogen and oxygen atoms in total. The maximum atomic E-state index is 6.05. The molecule has 0 atom stereocenters. The molecule has 0 unspecified atom stereocenters. The van der Waals surface area contributed by atoms with Crippen molar-refractivity contribution in [2.75, 3.05) is 0 Å². The summed E-state index contributed by atoms with van der Waals surface area (Å²) in [5.74, 6) is 0.655. The summed E-state index contributed by atoms with van der Waals surface area (Å²) in [4.78, 5) is 0. The van der Waals surface area contributed by atoms with Crippen LogP contribution in [-0.4, -0.2) is 8.32 Å². The minimum Gasteiger partial charge on any atom is -0.518 e. The molecule has 0 saturated carbocycles. The minimum absolute atomic E-state index is 0.655. The highest BCUT2D eigenvalue weighted by Crippen LogP contribution is 2.31. The number of furan rings is 1. The zero-order valence-electron chi connectivity index (χ0n) is 8.97. The van der Waals surface area contributed by atoms with Crippen molar-refractivity contribution in [3.05, 3.63) is 16.8 Å². The fourth-order valence-electron chi connectivity index (χ4n) is 1.52. The summed E-state index contributed by atoms with van der Waals surface area (Å²) in [6, 6.07) is 5.27. The van der Waals surface area contributed by atoms with Crippen molar-refractivity contribution in [1.82, 2.24) is 0 Å². The van der Waals surface area contributed by atoms with Crippen LogP contribution in [0.25, 0.3) is 0 Å². The molecular weight excluding hydrogens is 260 g/mol. The average Bonchev–Trinajstić information content (AvgIpc) is 2.61. The van der Waals surface area contributed by atoms with Gasteiger partial charge in [0.05, 0.1) is 6.26 Å². The van der Waals surface area contributed by atoms with Crippen molar-refractivity contribution in [3.63, 3.8) is 0 Å². The first-order valence-electron chi connectivity index (χ1n) is 5.09. The van der Waals surface area contributed by atoms with Crippen LogP contribution in [0, 0.1) is 0 Å². The van der Waals surface area contributed by atoms with Gasteiger partial charge >= 0.3 is 0 Å². The van der Waals surface area contributed by atoms with E-state index >= 15 is 0 Å². The van der Waals surface area contributed by atoms with Crippen LogP contribution >= 0.6 is 15.9 Å². The van der Waals surface area contributed by atoms with Gasteiger partial charge in [-0.1, -0.05) is 20.8 Å². The fraction of sp³-hybridized carbons (Fsp3) is 0.600. The number of hydrogen-bond donors (Lipinski definition) is 0. The maximum Gasteiger partial charge on any atom is 0.285 e. The van der Waals surface area contributed by atoms with Crippen molar-refractivity contribution in [2.24, 2.45) is 0 Å². The maximum absolute atomic E-state index is 6.05. The molecule has 0 aliphatic rings. The molecule has 0 radical (unpaired) electrons. The molecule has 1 rings (SSSR count). The van der Waals surface area contributed by atoms with Gasteiger partial charge in [0, 0.05) is 0 Å². The average molecular weight is 277 g/mol. The highest BCUT2D eigenvalue weighted by molar-refractivity contribution is 9.10. The van der Waals surface area contributed by atoms with Crippen LogP contribution in [0.1, 0.15) is 20.8 Å². The van der Waals surface area contributed by atoms with Gasteiger partial charge < -0.3 is 8.84 Å². The molecule has 0 bridgehead atoms. The lowest BCUT2D eigenvalue weighted by Crippen LogP contribution is -2.39. The van der Waals surface area contributed by atoms with Gasteiger partial charge in [-0.05, 0) is 40.1 Å². The SMILES string of the molecule is CC[Si](CC)(CC)Oc1occc1Br. The highest BCUT2D eigenvalue weighted by atomic mass is 79.9. The van der Waals surface area contributed by atoms with E-state index in [4.69, 9.17) is 8.84 Å². The van der Waals surface area contributed by atoms with Crippen LogP contribution in [0.2, 0.25) is 18.1 Å². The monoisotopic (exact) mass is 276 g/mol. The Morgan fingerprint density at radius 3 is 2.21 bits per heavy atom. The number of rotatable bonds is 5. The first-order chi connectivity index (χ1) is 6.67. The molecule has 0 aliphatic heterocycles. The standard InChI is InChI=1S/C10H17BrO2Si/c1-4-14(5-2,6-3)13-10-9(11)7-8-12-10/h7-8H,4-6H2,1-3H3. The van der Waals surface area contributed by atoms with Gasteiger partial charge in [-0.25, -0.2) is 0 Å². The van der Waals surface area contributed by atoms with Crippen LogP contribution < -0.4 is 4.43 Å². The Hall–Kier alpha value is -0.223. The van der Waals surface area contributed by atoms with Crippen LogP contribution in [0.3, 0.4) is 0 Å². The fourth-order valence-corrected chi connectivity index (χ4v) is 4.43. The predicted octanol–water partition coefficient (Wildman–Crippen LogP) is 4.43. The summed E-state index contributed by atoms with van der Waals surface area (Å²) < 4.78 is 12.3. The Kier molecular flexibility index (Phi) is 4.25. The van der Waals surface area contributed by atoms with Gasteiger partial charge in [-0.3, -0.25) is 0 Å². The smallest absolute Gasteiger partial charge is 0.285 e. The molecule has 0 spiro atoms. The third-order valence-corrected chi connectivity index (χ3v) is 7.90. The Labute approximate surface area is 94.9 Å². The second-order valence-corrected chi connectivity index (χ2v) is 8.95. The topological polar surface area (TPSA) is 22.4 Å². The van der Waals surface area contributed by atoms with Crippen LogP contribution in [0.15, 0.2) is 21.2 Å². The van der Waals surface area contributed by atoms with E-state index in [1.807, 2.05) is 6.07 Å². The molecular formula is C10H17BrO2Si. The zero-order valence-corrected chi connectivity index (χ0v) is 11.6. The highest BCUT2D eigenvalue weighted by Gasteiger charge is 2.32. The summed E-state index contributed by atoms with van der Waals surface area (Å²) in [7, 11) is -1.58. The van der Waals surface area contributed by atoms with E-state index < -0.39 is 8.32 Å². The molecule has 80 valence electrons. The number of hydrogen-bond acceptors (Lipinski definition) is 2. The second-order valence-electron chi connectivity index (χ2n) is 3.40. The lowest BCUT2D eigenvalue weighted by atomic mass is 10.7. The third-order valence-electron chi connectivity index (χ3n) is 2.83. The molecule has 0 aromatic carbocycles. The second kappa shape index (κ2) is 5.03. The van der Waals surface area contributed by atoms with Crippen molar-refractivity contribution in [1.29, 1.82) is 0 Å². The van der Waals surface area contributed by atoms with Crippen LogP contribution in [0.4, 0.5) is 0 Å². The van der Waals surface area contributed by atoms with Gasteiger partial charge in [-0.15, -0.1) is 0 Å².